The number of benzene rings is 2. The van der Waals surface area contributed by atoms with Crippen LogP contribution in [0.3, 0.4) is 0 Å². The Morgan fingerprint density at radius 1 is 1.11 bits per heavy atom. The highest BCUT2D eigenvalue weighted by molar-refractivity contribution is 6.34. The normalized spacial score (nSPS) is 17.5. The molecule has 0 bridgehead atoms. The molecule has 1 aliphatic heterocycles. The van der Waals surface area contributed by atoms with Crippen molar-refractivity contribution in [3.05, 3.63) is 99.3 Å². The lowest BCUT2D eigenvalue weighted by Gasteiger charge is -2.28. The second-order valence-corrected chi connectivity index (χ2v) is 8.54. The van der Waals surface area contributed by atoms with Crippen LogP contribution in [-0.2, 0) is 17.0 Å². The molecule has 1 aliphatic rings. The first-order valence-electron chi connectivity index (χ1n) is 10.3. The average molecular weight is 523 g/mol. The first kappa shape index (κ1) is 24.8. The molecule has 0 radical (unpaired) electrons. The van der Waals surface area contributed by atoms with Gasteiger partial charge in [0.1, 0.15) is 0 Å². The Morgan fingerprint density at radius 2 is 1.86 bits per heavy atom. The van der Waals surface area contributed by atoms with E-state index in [0.717, 1.165) is 18.2 Å². The molecule has 0 spiro atoms. The van der Waals surface area contributed by atoms with Crippen molar-refractivity contribution in [1.82, 2.24) is 15.8 Å². The summed E-state index contributed by atoms with van der Waals surface area (Å²) >= 11 is 11.9. The molecule has 35 heavy (non-hydrogen) atoms. The van der Waals surface area contributed by atoms with E-state index in [4.69, 9.17) is 28.0 Å². The van der Waals surface area contributed by atoms with Crippen LogP contribution in [0.4, 0.5) is 18.9 Å². The third kappa shape index (κ3) is 5.07. The molecular weight excluding hydrogens is 504 g/mol. The van der Waals surface area contributed by atoms with Gasteiger partial charge in [-0.05, 0) is 48.5 Å². The third-order valence-corrected chi connectivity index (χ3v) is 5.82. The van der Waals surface area contributed by atoms with Gasteiger partial charge in [0.2, 0.25) is 5.60 Å². The topological polar surface area (TPSA) is 75.3 Å². The molecule has 0 fully saturated rings. The molecule has 1 amide bonds. The minimum absolute atomic E-state index is 0.0418. The molecule has 0 saturated heterocycles. The molecule has 1 aromatic heterocycles. The Kier molecular flexibility index (Phi) is 6.93. The first-order chi connectivity index (χ1) is 16.6. The van der Waals surface area contributed by atoms with Crippen molar-refractivity contribution in [2.45, 2.75) is 18.3 Å². The smallest absolute Gasteiger partial charge is 0.387 e. The van der Waals surface area contributed by atoms with Crippen LogP contribution in [-0.4, -0.2) is 24.1 Å². The van der Waals surface area contributed by atoms with Crippen LogP contribution in [0.2, 0.25) is 10.0 Å². The molecule has 182 valence electrons. The van der Waals surface area contributed by atoms with Crippen molar-refractivity contribution < 1.29 is 22.8 Å². The molecule has 11 heteroatoms. The number of alkyl halides is 3. The van der Waals surface area contributed by atoms with Gasteiger partial charge in [0, 0.05) is 40.1 Å². The Balaban J connectivity index is 1.65. The second-order valence-electron chi connectivity index (χ2n) is 7.67. The quantitative estimate of drug-likeness (QED) is 0.387. The lowest BCUT2D eigenvalue weighted by molar-refractivity contribution is -0.269. The van der Waals surface area contributed by atoms with Crippen LogP contribution in [0.25, 0.3) is 5.70 Å². The van der Waals surface area contributed by atoms with E-state index < -0.39 is 11.8 Å². The van der Waals surface area contributed by atoms with Gasteiger partial charge in [0.05, 0.1) is 23.5 Å². The van der Waals surface area contributed by atoms with E-state index in [0.29, 0.717) is 22.5 Å². The van der Waals surface area contributed by atoms with Crippen molar-refractivity contribution in [1.29, 1.82) is 0 Å². The Labute approximate surface area is 209 Å². The van der Waals surface area contributed by atoms with Crippen LogP contribution in [0, 0.1) is 0 Å². The molecule has 0 saturated carbocycles. The second kappa shape index (κ2) is 9.77. The zero-order chi connectivity index (χ0) is 25.2. The maximum Gasteiger partial charge on any atom is 0.428 e. The Bertz CT molecular complexity index is 1270. The molecule has 6 nitrogen and oxygen atoms in total. The predicted octanol–water partition coefficient (Wildman–Crippen LogP) is 5.69. The summed E-state index contributed by atoms with van der Waals surface area (Å²) in [7, 11) is 1.61. The van der Waals surface area contributed by atoms with E-state index in [2.05, 4.69) is 21.1 Å². The maximum atomic E-state index is 14.2. The molecule has 1 atom stereocenters. The number of anilines is 1. The van der Waals surface area contributed by atoms with Crippen LogP contribution >= 0.6 is 23.2 Å². The molecule has 3 N–H and O–H groups in total. The minimum atomic E-state index is -4.83. The molecule has 1 unspecified atom stereocenters. The minimum Gasteiger partial charge on any atom is -0.387 e. The number of hydrogen-bond donors (Lipinski definition) is 3. The van der Waals surface area contributed by atoms with Gasteiger partial charge in [-0.25, -0.2) is 0 Å². The molecule has 3 aromatic rings. The molecule has 4 rings (SSSR count). The monoisotopic (exact) mass is 522 g/mol. The summed E-state index contributed by atoms with van der Waals surface area (Å²) in [5.74, 6) is -0.366. The highest BCUT2D eigenvalue weighted by atomic mass is 35.5. The number of carbonyl (C=O) groups excluding carboxylic acids is 1. The van der Waals surface area contributed by atoms with Crippen LogP contribution in [0.5, 0.6) is 0 Å². The fraction of sp³-hybridized carbons (Fsp3) is 0.167. The van der Waals surface area contributed by atoms with Gasteiger partial charge in [-0.15, -0.1) is 0 Å². The maximum absolute atomic E-state index is 14.2. The number of aromatic nitrogens is 1. The highest BCUT2D eigenvalue weighted by Gasteiger charge is 2.59. The van der Waals surface area contributed by atoms with Gasteiger partial charge in [0.15, 0.2) is 0 Å². The van der Waals surface area contributed by atoms with Gasteiger partial charge in [-0.2, -0.15) is 13.2 Å². The fourth-order valence-electron chi connectivity index (χ4n) is 3.64. The number of carbonyl (C=O) groups is 1. The SMILES string of the molecule is CNc1cc(C2=CC(c3cc(Cl)cc(Cl)c3)(C(F)(F)F)ON2)ccc1C(=O)NCc1ccccn1. The zero-order valence-corrected chi connectivity index (χ0v) is 19.7. The van der Waals surface area contributed by atoms with E-state index in [1.807, 2.05) is 6.07 Å². The zero-order valence-electron chi connectivity index (χ0n) is 18.2. The summed E-state index contributed by atoms with van der Waals surface area (Å²) in [4.78, 5) is 22.0. The molecule has 2 heterocycles. The van der Waals surface area contributed by atoms with E-state index in [9.17, 15) is 18.0 Å². The van der Waals surface area contributed by atoms with E-state index in [1.54, 1.807) is 31.4 Å². The van der Waals surface area contributed by atoms with Crippen molar-refractivity contribution in [3.8, 4) is 0 Å². The average Bonchev–Trinajstić information content (AvgIpc) is 3.29. The van der Waals surface area contributed by atoms with Crippen molar-refractivity contribution in [2.75, 3.05) is 12.4 Å². The van der Waals surface area contributed by atoms with Gasteiger partial charge in [-0.1, -0.05) is 35.3 Å². The van der Waals surface area contributed by atoms with Crippen molar-refractivity contribution in [2.24, 2.45) is 0 Å². The van der Waals surface area contributed by atoms with E-state index in [1.165, 1.54) is 18.2 Å². The Hall–Kier alpha value is -3.27. The van der Waals surface area contributed by atoms with Crippen molar-refractivity contribution >= 4 is 40.5 Å². The number of amides is 1. The standard InChI is InChI=1S/C24H19Cl2F3N4O2/c1-30-20-8-14(5-6-19(20)22(34)32-13-18-4-2-3-7-31-18)21-12-23(35-33-21,24(27,28)29)15-9-16(25)11-17(26)10-15/h2-12,30,33H,13H2,1H3,(H,32,34). The largest absolute Gasteiger partial charge is 0.428 e. The highest BCUT2D eigenvalue weighted by Crippen LogP contribution is 2.48. The third-order valence-electron chi connectivity index (χ3n) is 5.38. The number of nitrogens with zero attached hydrogens (tertiary/aromatic N) is 1. The number of pyridine rings is 1. The summed E-state index contributed by atoms with van der Waals surface area (Å²) < 4.78 is 42.7. The summed E-state index contributed by atoms with van der Waals surface area (Å²) in [6.07, 6.45) is -2.28. The lowest BCUT2D eigenvalue weighted by atomic mass is 9.91. The van der Waals surface area contributed by atoms with Crippen LogP contribution < -0.4 is 16.1 Å². The fourth-order valence-corrected chi connectivity index (χ4v) is 4.17. The lowest BCUT2D eigenvalue weighted by Crippen LogP contribution is -2.42. The molecule has 2 aromatic carbocycles. The number of hydrogen-bond acceptors (Lipinski definition) is 5. The predicted molar refractivity (Wildman–Crippen MR) is 128 cm³/mol. The molecular formula is C24H19Cl2F3N4O2. The summed E-state index contributed by atoms with van der Waals surface area (Å²) in [6, 6.07) is 13.6. The van der Waals surface area contributed by atoms with Gasteiger partial charge < -0.3 is 10.6 Å². The Morgan fingerprint density at radius 3 is 2.49 bits per heavy atom. The number of nitrogens with one attached hydrogen (secondary N) is 3. The van der Waals surface area contributed by atoms with E-state index in [-0.39, 0.29) is 33.8 Å². The molecule has 0 aliphatic carbocycles. The van der Waals surface area contributed by atoms with E-state index >= 15 is 0 Å². The summed E-state index contributed by atoms with van der Waals surface area (Å²) in [6.45, 7) is 0.224. The van der Waals surface area contributed by atoms with Gasteiger partial charge in [-0.3, -0.25) is 20.1 Å². The van der Waals surface area contributed by atoms with Gasteiger partial charge in [0.25, 0.3) is 5.91 Å². The number of halogens is 5. The van der Waals surface area contributed by atoms with Crippen molar-refractivity contribution in [3.63, 3.8) is 0 Å². The van der Waals surface area contributed by atoms with Gasteiger partial charge >= 0.3 is 6.18 Å². The summed E-state index contributed by atoms with van der Waals surface area (Å²) in [5, 5.41) is 5.76. The van der Waals surface area contributed by atoms with Crippen LogP contribution in [0.15, 0.2) is 66.9 Å². The first-order valence-corrected chi connectivity index (χ1v) is 11.1. The van der Waals surface area contributed by atoms with Crippen LogP contribution in [0.1, 0.15) is 27.2 Å². The number of rotatable bonds is 6. The number of hydroxylamine groups is 1. The summed E-state index contributed by atoms with van der Waals surface area (Å²) in [5.41, 5.74) is 1.14.